The normalized spacial score (nSPS) is 16.8. The monoisotopic (exact) mass is 218 g/mol. The summed E-state index contributed by atoms with van der Waals surface area (Å²) in [4.78, 5) is 4.16. The van der Waals surface area contributed by atoms with Gasteiger partial charge in [0.05, 0.1) is 23.8 Å². The highest BCUT2D eigenvalue weighted by atomic mass is 15.3. The van der Waals surface area contributed by atoms with E-state index >= 15 is 0 Å². The molecule has 4 heteroatoms. The van der Waals surface area contributed by atoms with Gasteiger partial charge in [-0.25, -0.2) is 0 Å². The highest BCUT2D eigenvalue weighted by Crippen LogP contribution is 2.22. The first kappa shape index (κ1) is 10.9. The van der Waals surface area contributed by atoms with Crippen LogP contribution in [-0.2, 0) is 0 Å². The van der Waals surface area contributed by atoms with Crippen molar-refractivity contribution in [3.63, 3.8) is 0 Å². The Morgan fingerprint density at radius 1 is 1.19 bits per heavy atom. The molecule has 1 aromatic heterocycles. The second kappa shape index (κ2) is 5.49. The molecular formula is C12H18N4. The van der Waals surface area contributed by atoms with Crippen LogP contribution in [-0.4, -0.2) is 17.7 Å². The minimum atomic E-state index is 0.600. The van der Waals surface area contributed by atoms with Crippen LogP contribution in [0.15, 0.2) is 23.6 Å². The summed E-state index contributed by atoms with van der Waals surface area (Å²) in [7, 11) is 0. The summed E-state index contributed by atoms with van der Waals surface area (Å²) in [5.74, 6) is 0. The Labute approximate surface area is 96.2 Å². The topological polar surface area (TPSA) is 49.3 Å². The van der Waals surface area contributed by atoms with Crippen molar-refractivity contribution in [1.82, 2.24) is 4.98 Å². The molecule has 0 aromatic carbocycles. The molecule has 1 heterocycles. The molecule has 0 atom stereocenters. The van der Waals surface area contributed by atoms with Crippen molar-refractivity contribution in [2.75, 3.05) is 10.7 Å². The van der Waals surface area contributed by atoms with Gasteiger partial charge in [-0.3, -0.25) is 10.4 Å². The van der Waals surface area contributed by atoms with Crippen molar-refractivity contribution in [1.29, 1.82) is 0 Å². The number of aromatic nitrogens is 1. The zero-order valence-corrected chi connectivity index (χ0v) is 9.45. The van der Waals surface area contributed by atoms with Crippen LogP contribution in [0.3, 0.4) is 0 Å². The fraction of sp³-hybridized carbons (Fsp3) is 0.500. The summed E-state index contributed by atoms with van der Waals surface area (Å²) >= 11 is 0. The van der Waals surface area contributed by atoms with Crippen molar-refractivity contribution in [3.05, 3.63) is 18.5 Å². The van der Waals surface area contributed by atoms with E-state index in [0.717, 1.165) is 11.4 Å². The van der Waals surface area contributed by atoms with Crippen molar-refractivity contribution < 1.29 is 0 Å². The summed E-state index contributed by atoms with van der Waals surface area (Å²) < 4.78 is 0. The maximum absolute atomic E-state index is 4.16. The second-order valence-electron chi connectivity index (χ2n) is 4.21. The predicted octanol–water partition coefficient (Wildman–Crippen LogP) is 2.85. The van der Waals surface area contributed by atoms with E-state index in [4.69, 9.17) is 0 Å². The van der Waals surface area contributed by atoms with E-state index in [1.165, 1.54) is 32.1 Å². The van der Waals surface area contributed by atoms with Gasteiger partial charge >= 0.3 is 0 Å². The van der Waals surface area contributed by atoms with Crippen LogP contribution in [0, 0.1) is 0 Å². The maximum atomic E-state index is 4.16. The molecule has 0 bridgehead atoms. The molecule has 0 amide bonds. The molecule has 16 heavy (non-hydrogen) atoms. The summed E-state index contributed by atoms with van der Waals surface area (Å²) in [5.41, 5.74) is 4.72. The Balaban J connectivity index is 1.97. The Morgan fingerprint density at radius 3 is 2.69 bits per heavy atom. The predicted molar refractivity (Wildman–Crippen MR) is 67.9 cm³/mol. The number of hydrogen-bond donors (Lipinski definition) is 2. The van der Waals surface area contributed by atoms with Crippen LogP contribution in [0.2, 0.25) is 0 Å². The molecule has 1 fully saturated rings. The Morgan fingerprint density at radius 2 is 1.94 bits per heavy atom. The summed E-state index contributed by atoms with van der Waals surface area (Å²) in [6.07, 6.45) is 10.1. The zero-order valence-electron chi connectivity index (χ0n) is 9.45. The first-order valence-corrected chi connectivity index (χ1v) is 5.82. The molecule has 2 rings (SSSR count). The first-order chi connectivity index (χ1) is 7.88. The van der Waals surface area contributed by atoms with E-state index in [1.54, 1.807) is 6.20 Å². The highest BCUT2D eigenvalue weighted by molar-refractivity contribution is 5.54. The molecule has 0 saturated heterocycles. The third-order valence-electron chi connectivity index (χ3n) is 2.92. The molecule has 0 aliphatic heterocycles. The number of hydrogen-bond acceptors (Lipinski definition) is 4. The van der Waals surface area contributed by atoms with E-state index in [0.29, 0.717) is 6.04 Å². The number of hydrazone groups is 1. The molecular weight excluding hydrogens is 200 g/mol. The van der Waals surface area contributed by atoms with E-state index < -0.39 is 0 Å². The van der Waals surface area contributed by atoms with Gasteiger partial charge in [-0.05, 0) is 18.9 Å². The quantitative estimate of drug-likeness (QED) is 0.603. The third kappa shape index (κ3) is 2.95. The Kier molecular flexibility index (Phi) is 3.75. The number of anilines is 2. The summed E-state index contributed by atoms with van der Waals surface area (Å²) in [6, 6.07) is 2.61. The molecule has 1 aliphatic carbocycles. The average Bonchev–Trinajstić information content (AvgIpc) is 2.31. The van der Waals surface area contributed by atoms with Crippen LogP contribution in [0.5, 0.6) is 0 Å². The molecule has 1 aromatic rings. The van der Waals surface area contributed by atoms with Crippen molar-refractivity contribution >= 4 is 18.1 Å². The fourth-order valence-corrected chi connectivity index (χ4v) is 2.15. The average molecular weight is 218 g/mol. The Hall–Kier alpha value is -1.58. The molecule has 0 spiro atoms. The van der Waals surface area contributed by atoms with Gasteiger partial charge in [0.25, 0.3) is 0 Å². The molecule has 1 saturated carbocycles. The molecule has 4 nitrogen and oxygen atoms in total. The van der Waals surface area contributed by atoms with Crippen molar-refractivity contribution in [2.24, 2.45) is 5.10 Å². The summed E-state index contributed by atoms with van der Waals surface area (Å²) in [5, 5.41) is 7.14. The minimum Gasteiger partial charge on any atom is -0.381 e. The van der Waals surface area contributed by atoms with E-state index in [1.807, 2.05) is 12.3 Å². The molecule has 0 unspecified atom stereocenters. The third-order valence-corrected chi connectivity index (χ3v) is 2.92. The van der Waals surface area contributed by atoms with Gasteiger partial charge in [-0.15, -0.1) is 0 Å². The number of nitrogens with zero attached hydrogens (tertiary/aromatic N) is 2. The van der Waals surface area contributed by atoms with Gasteiger partial charge in [0.2, 0.25) is 0 Å². The van der Waals surface area contributed by atoms with Crippen LogP contribution in [0.25, 0.3) is 0 Å². The summed E-state index contributed by atoms with van der Waals surface area (Å²) in [6.45, 7) is 3.39. The number of nitrogens with one attached hydrogen (secondary N) is 2. The molecule has 2 N–H and O–H groups in total. The lowest BCUT2D eigenvalue weighted by atomic mass is 9.95. The van der Waals surface area contributed by atoms with Gasteiger partial charge < -0.3 is 5.32 Å². The SMILES string of the molecule is C=NNc1cncc(NC2CCCCC2)c1. The van der Waals surface area contributed by atoms with E-state index in [9.17, 15) is 0 Å². The molecule has 1 aliphatic rings. The second-order valence-corrected chi connectivity index (χ2v) is 4.21. The van der Waals surface area contributed by atoms with E-state index in [2.05, 4.69) is 27.5 Å². The van der Waals surface area contributed by atoms with Gasteiger partial charge in [-0.2, -0.15) is 5.10 Å². The maximum Gasteiger partial charge on any atom is 0.0765 e. The zero-order chi connectivity index (χ0) is 11.2. The largest absolute Gasteiger partial charge is 0.381 e. The van der Waals surface area contributed by atoms with Gasteiger partial charge in [-0.1, -0.05) is 19.3 Å². The molecule has 0 radical (unpaired) electrons. The van der Waals surface area contributed by atoms with Crippen molar-refractivity contribution in [2.45, 2.75) is 38.1 Å². The minimum absolute atomic E-state index is 0.600. The van der Waals surface area contributed by atoms with Gasteiger partial charge in [0.1, 0.15) is 0 Å². The van der Waals surface area contributed by atoms with Crippen LogP contribution in [0.4, 0.5) is 11.4 Å². The van der Waals surface area contributed by atoms with E-state index in [-0.39, 0.29) is 0 Å². The van der Waals surface area contributed by atoms with Gasteiger partial charge in [0, 0.05) is 12.8 Å². The lowest BCUT2D eigenvalue weighted by Crippen LogP contribution is -2.22. The van der Waals surface area contributed by atoms with Crippen LogP contribution >= 0.6 is 0 Å². The van der Waals surface area contributed by atoms with Crippen LogP contribution in [0.1, 0.15) is 32.1 Å². The van der Waals surface area contributed by atoms with Crippen molar-refractivity contribution in [3.8, 4) is 0 Å². The van der Waals surface area contributed by atoms with Gasteiger partial charge in [0.15, 0.2) is 0 Å². The first-order valence-electron chi connectivity index (χ1n) is 5.82. The number of pyridine rings is 1. The lowest BCUT2D eigenvalue weighted by Gasteiger charge is -2.23. The lowest BCUT2D eigenvalue weighted by molar-refractivity contribution is 0.462. The Bertz CT molecular complexity index is 345. The van der Waals surface area contributed by atoms with Crippen LogP contribution < -0.4 is 10.7 Å². The molecule has 86 valence electrons. The smallest absolute Gasteiger partial charge is 0.0765 e. The number of rotatable bonds is 4. The standard InChI is InChI=1S/C12H18N4/c1-13-16-12-7-11(8-14-9-12)15-10-5-3-2-4-6-10/h7-10,15-16H,1-6H2. The highest BCUT2D eigenvalue weighted by Gasteiger charge is 2.12. The fourth-order valence-electron chi connectivity index (χ4n) is 2.15.